The number of ether oxygens (including phenoxy) is 1. The molecule has 6 nitrogen and oxygen atoms in total. The molecule has 1 atom stereocenters. The molecule has 6 heteroatoms. The molecule has 1 fully saturated rings. The number of anilines is 2. The highest BCUT2D eigenvalue weighted by molar-refractivity contribution is 5.95. The zero-order valence-electron chi connectivity index (χ0n) is 9.59. The number of likely N-dealkylation sites (N-methyl/N-ethyl adjacent to an activating group) is 1. The third-order valence-electron chi connectivity index (χ3n) is 3.26. The van der Waals surface area contributed by atoms with E-state index in [-0.39, 0.29) is 0 Å². The molecule has 3 rings (SSSR count). The summed E-state index contributed by atoms with van der Waals surface area (Å²) in [6.07, 6.45) is 1.02. The number of aromatic nitrogens is 2. The van der Waals surface area contributed by atoms with Crippen LogP contribution in [0.4, 0.5) is 11.4 Å². The Kier molecular flexibility index (Phi) is 2.36. The van der Waals surface area contributed by atoms with Gasteiger partial charge in [0, 0.05) is 13.7 Å². The first-order valence-corrected chi connectivity index (χ1v) is 5.58. The molecule has 2 aromatic rings. The average molecular weight is 234 g/mol. The first kappa shape index (κ1) is 10.3. The van der Waals surface area contributed by atoms with Crippen LogP contribution in [0.3, 0.4) is 0 Å². The summed E-state index contributed by atoms with van der Waals surface area (Å²) in [5.41, 5.74) is 8.71. The van der Waals surface area contributed by atoms with Crippen LogP contribution < -0.4 is 10.6 Å². The van der Waals surface area contributed by atoms with E-state index in [4.69, 9.17) is 15.1 Å². The first-order chi connectivity index (χ1) is 8.27. The summed E-state index contributed by atoms with van der Waals surface area (Å²) < 4.78 is 10.2. The van der Waals surface area contributed by atoms with Gasteiger partial charge in [0.1, 0.15) is 0 Å². The lowest BCUT2D eigenvalue weighted by molar-refractivity contribution is 0.193. The van der Waals surface area contributed by atoms with Gasteiger partial charge in [0.15, 0.2) is 11.0 Å². The Bertz CT molecular complexity index is 533. The number of rotatable bonds is 2. The van der Waals surface area contributed by atoms with E-state index < -0.39 is 0 Å². The monoisotopic (exact) mass is 234 g/mol. The molecule has 1 aromatic heterocycles. The number of benzene rings is 1. The zero-order valence-corrected chi connectivity index (χ0v) is 9.59. The van der Waals surface area contributed by atoms with Crippen LogP contribution in [0.1, 0.15) is 6.42 Å². The molecule has 1 aliphatic rings. The van der Waals surface area contributed by atoms with Gasteiger partial charge in [-0.15, -0.1) is 0 Å². The van der Waals surface area contributed by atoms with E-state index in [1.165, 1.54) is 0 Å². The predicted octanol–water partition coefficient (Wildman–Crippen LogP) is 1.03. The molecule has 0 radical (unpaired) electrons. The van der Waals surface area contributed by atoms with Crippen molar-refractivity contribution < 1.29 is 9.37 Å². The van der Waals surface area contributed by atoms with Gasteiger partial charge in [-0.25, -0.2) is 4.63 Å². The molecule has 1 unspecified atom stereocenters. The lowest BCUT2D eigenvalue weighted by Gasteiger charge is -2.25. The maximum absolute atomic E-state index is 5.82. The van der Waals surface area contributed by atoms with Crippen LogP contribution in [0.5, 0.6) is 0 Å². The van der Waals surface area contributed by atoms with Crippen molar-refractivity contribution in [3.05, 3.63) is 12.1 Å². The summed E-state index contributed by atoms with van der Waals surface area (Å²) in [6.45, 7) is 1.55. The summed E-state index contributed by atoms with van der Waals surface area (Å²) in [6, 6.07) is 4.15. The third kappa shape index (κ3) is 1.61. The van der Waals surface area contributed by atoms with Gasteiger partial charge in [0.05, 0.1) is 24.0 Å². The van der Waals surface area contributed by atoms with Crippen molar-refractivity contribution in [2.45, 2.75) is 12.5 Å². The van der Waals surface area contributed by atoms with Gasteiger partial charge in [-0.05, 0) is 28.9 Å². The maximum Gasteiger partial charge on any atom is 0.160 e. The smallest absolute Gasteiger partial charge is 0.160 e. The molecule has 0 saturated carbocycles. The zero-order chi connectivity index (χ0) is 11.8. The van der Waals surface area contributed by atoms with Crippen molar-refractivity contribution in [2.24, 2.45) is 0 Å². The van der Waals surface area contributed by atoms with E-state index in [9.17, 15) is 0 Å². The highest BCUT2D eigenvalue weighted by Crippen LogP contribution is 2.29. The number of nitrogens with two attached hydrogens (primary N) is 1. The molecular weight excluding hydrogens is 220 g/mol. The lowest BCUT2D eigenvalue weighted by atomic mass is 10.1. The van der Waals surface area contributed by atoms with Crippen LogP contribution in [-0.2, 0) is 4.74 Å². The maximum atomic E-state index is 5.82. The topological polar surface area (TPSA) is 77.4 Å². The number of fused-ring (bicyclic) bond motifs is 1. The van der Waals surface area contributed by atoms with Crippen LogP contribution in [0, 0.1) is 0 Å². The minimum atomic E-state index is 0.374. The number of hydrogen-bond acceptors (Lipinski definition) is 6. The molecule has 17 heavy (non-hydrogen) atoms. The molecule has 0 amide bonds. The molecule has 1 aliphatic heterocycles. The Balaban J connectivity index is 2.04. The van der Waals surface area contributed by atoms with Gasteiger partial charge in [-0.2, -0.15) is 0 Å². The number of nitrogens with zero attached hydrogens (tertiary/aromatic N) is 3. The fourth-order valence-corrected chi connectivity index (χ4v) is 2.18. The Hall–Kier alpha value is -1.82. The van der Waals surface area contributed by atoms with Crippen molar-refractivity contribution >= 4 is 22.4 Å². The SMILES string of the molecule is CN(c1ccc(N)c2nonc12)C1CCOC1. The Morgan fingerprint density at radius 2 is 2.18 bits per heavy atom. The molecule has 0 bridgehead atoms. The Labute approximate surface area is 98.3 Å². The molecule has 2 heterocycles. The highest BCUT2D eigenvalue weighted by Gasteiger charge is 2.23. The van der Waals surface area contributed by atoms with E-state index in [0.29, 0.717) is 22.8 Å². The predicted molar refractivity (Wildman–Crippen MR) is 63.8 cm³/mol. The molecule has 0 spiro atoms. The van der Waals surface area contributed by atoms with Crippen LogP contribution in [-0.4, -0.2) is 36.6 Å². The second-order valence-electron chi connectivity index (χ2n) is 4.26. The molecule has 0 aliphatic carbocycles. The number of hydrogen-bond donors (Lipinski definition) is 1. The van der Waals surface area contributed by atoms with Gasteiger partial charge in [0.2, 0.25) is 0 Å². The van der Waals surface area contributed by atoms with Crippen LogP contribution in [0.15, 0.2) is 16.8 Å². The Morgan fingerprint density at radius 1 is 1.35 bits per heavy atom. The molecular formula is C11H14N4O2. The second-order valence-corrected chi connectivity index (χ2v) is 4.26. The van der Waals surface area contributed by atoms with Crippen LogP contribution >= 0.6 is 0 Å². The van der Waals surface area contributed by atoms with Crippen LogP contribution in [0.2, 0.25) is 0 Å². The third-order valence-corrected chi connectivity index (χ3v) is 3.26. The van der Waals surface area contributed by atoms with Crippen molar-refractivity contribution in [3.8, 4) is 0 Å². The van der Waals surface area contributed by atoms with Crippen molar-refractivity contribution in [3.63, 3.8) is 0 Å². The first-order valence-electron chi connectivity index (χ1n) is 5.58. The summed E-state index contributed by atoms with van der Waals surface area (Å²) in [5, 5.41) is 7.74. The molecule has 90 valence electrons. The molecule has 1 saturated heterocycles. The van der Waals surface area contributed by atoms with Gasteiger partial charge >= 0.3 is 0 Å². The summed E-state index contributed by atoms with van der Waals surface area (Å²) in [7, 11) is 2.03. The van der Waals surface area contributed by atoms with Crippen molar-refractivity contribution in [1.82, 2.24) is 10.3 Å². The second kappa shape index (κ2) is 3.89. The fourth-order valence-electron chi connectivity index (χ4n) is 2.18. The van der Waals surface area contributed by atoms with Gasteiger partial charge < -0.3 is 15.4 Å². The van der Waals surface area contributed by atoms with E-state index in [1.54, 1.807) is 0 Å². The summed E-state index contributed by atoms with van der Waals surface area (Å²) in [5.74, 6) is 0. The van der Waals surface area contributed by atoms with E-state index in [2.05, 4.69) is 15.2 Å². The Morgan fingerprint density at radius 3 is 2.94 bits per heavy atom. The molecule has 1 aromatic carbocycles. The minimum absolute atomic E-state index is 0.374. The lowest BCUT2D eigenvalue weighted by Crippen LogP contribution is -2.31. The quantitative estimate of drug-likeness (QED) is 0.782. The normalized spacial score (nSPS) is 19.9. The minimum Gasteiger partial charge on any atom is -0.397 e. The van der Waals surface area contributed by atoms with Crippen molar-refractivity contribution in [1.29, 1.82) is 0 Å². The van der Waals surface area contributed by atoms with Gasteiger partial charge in [-0.3, -0.25) is 0 Å². The highest BCUT2D eigenvalue weighted by atomic mass is 16.6. The van der Waals surface area contributed by atoms with Crippen molar-refractivity contribution in [2.75, 3.05) is 30.9 Å². The summed E-state index contributed by atoms with van der Waals surface area (Å²) >= 11 is 0. The standard InChI is InChI=1S/C11H14N4O2/c1-15(7-4-5-16-6-7)9-3-2-8(12)10-11(9)14-17-13-10/h2-3,7H,4-6,12H2,1H3. The fraction of sp³-hybridized carbons (Fsp3) is 0.455. The summed E-state index contributed by atoms with van der Waals surface area (Å²) in [4.78, 5) is 2.15. The van der Waals surface area contributed by atoms with E-state index >= 15 is 0 Å². The van der Waals surface area contributed by atoms with Gasteiger partial charge in [0.25, 0.3) is 0 Å². The van der Waals surface area contributed by atoms with E-state index in [0.717, 1.165) is 25.3 Å². The average Bonchev–Trinajstić information content (AvgIpc) is 3.00. The van der Waals surface area contributed by atoms with E-state index in [1.807, 2.05) is 19.2 Å². The number of nitrogen functional groups attached to an aromatic ring is 1. The van der Waals surface area contributed by atoms with Crippen LogP contribution in [0.25, 0.3) is 11.0 Å². The largest absolute Gasteiger partial charge is 0.397 e. The molecule has 2 N–H and O–H groups in total. The van der Waals surface area contributed by atoms with Gasteiger partial charge in [-0.1, -0.05) is 0 Å².